The molecular formula is C23H37N3O5. The first-order valence-corrected chi connectivity index (χ1v) is 10.6. The topological polar surface area (TPSA) is 108 Å². The van der Waals surface area contributed by atoms with E-state index in [4.69, 9.17) is 4.74 Å². The largest absolute Gasteiger partial charge is 0.444 e. The standard InChI is InChI=1S/C23H37N3O5/c1-8-9-13-24-20(28)19(17-12-10-11-15(2)16(17)3)26(7)21(29)18(14-27)25-22(30)31-23(4,5)6/h10-12,18-19,27H,8-9,13-14H2,1-7H3,(H,24,28)(H,25,30). The summed E-state index contributed by atoms with van der Waals surface area (Å²) in [6.07, 6.45) is 0.932. The van der Waals surface area contributed by atoms with Gasteiger partial charge in [0, 0.05) is 13.6 Å². The van der Waals surface area contributed by atoms with Crippen LogP contribution >= 0.6 is 0 Å². The monoisotopic (exact) mass is 435 g/mol. The van der Waals surface area contributed by atoms with E-state index in [2.05, 4.69) is 10.6 Å². The molecule has 0 saturated heterocycles. The highest BCUT2D eigenvalue weighted by atomic mass is 16.6. The number of aryl methyl sites for hydroxylation is 1. The molecule has 0 aliphatic heterocycles. The van der Waals surface area contributed by atoms with Crippen LogP contribution in [0.5, 0.6) is 0 Å². The molecule has 1 rings (SSSR count). The molecule has 0 aromatic heterocycles. The number of aliphatic hydroxyl groups is 1. The number of hydrogen-bond donors (Lipinski definition) is 3. The van der Waals surface area contributed by atoms with Gasteiger partial charge in [-0.05, 0) is 57.7 Å². The highest BCUT2D eigenvalue weighted by molar-refractivity contribution is 5.92. The van der Waals surface area contributed by atoms with E-state index in [1.54, 1.807) is 20.8 Å². The molecule has 3 N–H and O–H groups in total. The molecule has 0 bridgehead atoms. The maximum absolute atomic E-state index is 13.1. The lowest BCUT2D eigenvalue weighted by molar-refractivity contribution is -0.141. The van der Waals surface area contributed by atoms with Crippen LogP contribution in [0.15, 0.2) is 18.2 Å². The van der Waals surface area contributed by atoms with Crippen molar-refractivity contribution in [3.05, 3.63) is 34.9 Å². The Morgan fingerprint density at radius 2 is 1.84 bits per heavy atom. The number of alkyl carbamates (subject to hydrolysis) is 1. The molecule has 1 aromatic carbocycles. The quantitative estimate of drug-likeness (QED) is 0.517. The number of nitrogens with zero attached hydrogens (tertiary/aromatic N) is 1. The minimum Gasteiger partial charge on any atom is -0.444 e. The fourth-order valence-electron chi connectivity index (χ4n) is 3.09. The van der Waals surface area contributed by atoms with Crippen molar-refractivity contribution in [3.8, 4) is 0 Å². The fourth-order valence-corrected chi connectivity index (χ4v) is 3.09. The van der Waals surface area contributed by atoms with Crippen LogP contribution in [-0.2, 0) is 14.3 Å². The number of ether oxygens (including phenoxy) is 1. The smallest absolute Gasteiger partial charge is 0.408 e. The molecule has 2 unspecified atom stereocenters. The predicted molar refractivity (Wildman–Crippen MR) is 120 cm³/mol. The zero-order chi connectivity index (χ0) is 23.8. The van der Waals surface area contributed by atoms with Crippen molar-refractivity contribution in [3.63, 3.8) is 0 Å². The number of carbonyl (C=O) groups is 3. The van der Waals surface area contributed by atoms with Crippen molar-refractivity contribution < 1.29 is 24.2 Å². The van der Waals surface area contributed by atoms with Gasteiger partial charge in [0.15, 0.2) is 0 Å². The zero-order valence-corrected chi connectivity index (χ0v) is 19.7. The lowest BCUT2D eigenvalue weighted by Gasteiger charge is -2.32. The molecule has 0 radical (unpaired) electrons. The average molecular weight is 436 g/mol. The average Bonchev–Trinajstić information content (AvgIpc) is 2.67. The number of carbonyl (C=O) groups excluding carboxylic acids is 3. The van der Waals surface area contributed by atoms with Gasteiger partial charge >= 0.3 is 6.09 Å². The third-order valence-corrected chi connectivity index (χ3v) is 4.93. The van der Waals surface area contributed by atoms with Gasteiger partial charge in [-0.25, -0.2) is 4.79 Å². The molecule has 3 amide bonds. The Kier molecular flexibility index (Phi) is 9.97. The number of nitrogens with one attached hydrogen (secondary N) is 2. The molecule has 0 saturated carbocycles. The first-order chi connectivity index (χ1) is 14.4. The molecule has 8 nitrogen and oxygen atoms in total. The van der Waals surface area contributed by atoms with Crippen molar-refractivity contribution in [2.45, 2.75) is 72.1 Å². The molecule has 0 fully saturated rings. The van der Waals surface area contributed by atoms with E-state index in [1.807, 2.05) is 39.0 Å². The minimum atomic E-state index is -1.24. The van der Waals surface area contributed by atoms with E-state index < -0.39 is 36.3 Å². The number of amides is 3. The molecule has 1 aromatic rings. The van der Waals surface area contributed by atoms with Gasteiger partial charge in [-0.3, -0.25) is 9.59 Å². The van der Waals surface area contributed by atoms with E-state index in [0.29, 0.717) is 12.1 Å². The summed E-state index contributed by atoms with van der Waals surface area (Å²) >= 11 is 0. The third-order valence-electron chi connectivity index (χ3n) is 4.93. The Bertz CT molecular complexity index is 773. The molecular weight excluding hydrogens is 398 g/mol. The van der Waals surface area contributed by atoms with Crippen LogP contribution in [0.2, 0.25) is 0 Å². The Hall–Kier alpha value is -2.61. The summed E-state index contributed by atoms with van der Waals surface area (Å²) in [7, 11) is 1.49. The number of aliphatic hydroxyl groups excluding tert-OH is 1. The fraction of sp³-hybridized carbons (Fsp3) is 0.609. The Morgan fingerprint density at radius 3 is 2.39 bits per heavy atom. The summed E-state index contributed by atoms with van der Waals surface area (Å²) in [4.78, 5) is 39.6. The van der Waals surface area contributed by atoms with E-state index in [-0.39, 0.29) is 5.91 Å². The second kappa shape index (κ2) is 11.7. The van der Waals surface area contributed by atoms with Crippen molar-refractivity contribution >= 4 is 17.9 Å². The molecule has 0 spiro atoms. The van der Waals surface area contributed by atoms with Crippen molar-refractivity contribution in [1.29, 1.82) is 0 Å². The number of benzene rings is 1. The van der Waals surface area contributed by atoms with Gasteiger partial charge in [-0.1, -0.05) is 31.5 Å². The first-order valence-electron chi connectivity index (χ1n) is 10.6. The van der Waals surface area contributed by atoms with Crippen LogP contribution in [0.1, 0.15) is 63.3 Å². The highest BCUT2D eigenvalue weighted by Gasteiger charge is 2.34. The Morgan fingerprint density at radius 1 is 1.19 bits per heavy atom. The van der Waals surface area contributed by atoms with Crippen LogP contribution in [0.3, 0.4) is 0 Å². The summed E-state index contributed by atoms with van der Waals surface area (Å²) in [6, 6.07) is 3.44. The number of rotatable bonds is 9. The number of unbranched alkanes of at least 4 members (excludes halogenated alkanes) is 1. The van der Waals surface area contributed by atoms with E-state index in [9.17, 15) is 19.5 Å². The molecule has 2 atom stereocenters. The lowest BCUT2D eigenvalue weighted by Crippen LogP contribution is -2.53. The van der Waals surface area contributed by atoms with Crippen LogP contribution < -0.4 is 10.6 Å². The summed E-state index contributed by atoms with van der Waals surface area (Å²) in [6.45, 7) is 10.8. The summed E-state index contributed by atoms with van der Waals surface area (Å²) in [5, 5.41) is 15.0. The molecule has 0 heterocycles. The van der Waals surface area contributed by atoms with Gasteiger partial charge in [0.2, 0.25) is 11.8 Å². The van der Waals surface area contributed by atoms with Crippen molar-refractivity contribution in [2.75, 3.05) is 20.2 Å². The van der Waals surface area contributed by atoms with E-state index in [0.717, 1.165) is 24.0 Å². The molecule has 8 heteroatoms. The van der Waals surface area contributed by atoms with E-state index in [1.165, 1.54) is 11.9 Å². The SMILES string of the molecule is CCCCNC(=O)C(c1cccc(C)c1C)N(C)C(=O)C(CO)NC(=O)OC(C)(C)C. The van der Waals surface area contributed by atoms with Gasteiger partial charge in [0.05, 0.1) is 6.61 Å². The van der Waals surface area contributed by atoms with Gasteiger partial charge in [-0.15, -0.1) is 0 Å². The summed E-state index contributed by atoms with van der Waals surface area (Å²) in [5.74, 6) is -0.906. The first kappa shape index (κ1) is 26.4. The van der Waals surface area contributed by atoms with Crippen LogP contribution in [-0.4, -0.2) is 59.8 Å². The molecule has 0 aliphatic rings. The maximum atomic E-state index is 13.1. The van der Waals surface area contributed by atoms with Crippen molar-refractivity contribution in [1.82, 2.24) is 15.5 Å². The normalized spacial score (nSPS) is 13.2. The minimum absolute atomic E-state index is 0.313. The third kappa shape index (κ3) is 7.86. The Labute approximate surface area is 185 Å². The number of likely N-dealkylation sites (N-methyl/N-ethyl adjacent to an activating group) is 1. The van der Waals surface area contributed by atoms with Gasteiger partial charge in [0.1, 0.15) is 17.7 Å². The maximum Gasteiger partial charge on any atom is 0.408 e. The van der Waals surface area contributed by atoms with E-state index >= 15 is 0 Å². The van der Waals surface area contributed by atoms with Crippen LogP contribution in [0.25, 0.3) is 0 Å². The van der Waals surface area contributed by atoms with Gasteiger partial charge in [-0.2, -0.15) is 0 Å². The summed E-state index contributed by atoms with van der Waals surface area (Å²) < 4.78 is 5.18. The molecule has 174 valence electrons. The number of hydrogen-bond acceptors (Lipinski definition) is 5. The van der Waals surface area contributed by atoms with Gasteiger partial charge in [0.25, 0.3) is 0 Å². The molecule has 0 aliphatic carbocycles. The Balaban J connectivity index is 3.18. The van der Waals surface area contributed by atoms with Crippen LogP contribution in [0.4, 0.5) is 4.79 Å². The second-order valence-electron chi connectivity index (χ2n) is 8.67. The molecule has 31 heavy (non-hydrogen) atoms. The second-order valence-corrected chi connectivity index (χ2v) is 8.67. The van der Waals surface area contributed by atoms with Gasteiger partial charge < -0.3 is 25.4 Å². The highest BCUT2D eigenvalue weighted by Crippen LogP contribution is 2.26. The van der Waals surface area contributed by atoms with Crippen LogP contribution in [0, 0.1) is 13.8 Å². The summed E-state index contributed by atoms with van der Waals surface area (Å²) in [5.41, 5.74) is 1.84. The van der Waals surface area contributed by atoms with Crippen molar-refractivity contribution in [2.24, 2.45) is 0 Å². The predicted octanol–water partition coefficient (Wildman–Crippen LogP) is 2.60. The lowest BCUT2D eigenvalue weighted by atomic mass is 9.95. The zero-order valence-electron chi connectivity index (χ0n) is 19.7.